The third-order valence-electron chi connectivity index (χ3n) is 5.79. The predicted molar refractivity (Wildman–Crippen MR) is 167 cm³/mol. The zero-order valence-corrected chi connectivity index (χ0v) is 25.5. The lowest BCUT2D eigenvalue weighted by Crippen LogP contribution is -2.32. The quantitative estimate of drug-likeness (QED) is 0.0977. The second-order valence-electron chi connectivity index (χ2n) is 9.36. The van der Waals surface area contributed by atoms with Gasteiger partial charge in [-0.05, 0) is 81.9 Å². The van der Waals surface area contributed by atoms with E-state index in [4.69, 9.17) is 8.92 Å². The average Bonchev–Trinajstić information content (AvgIpc) is 3.27. The Labute approximate surface area is 243 Å². The molecule has 0 aliphatic heterocycles. The van der Waals surface area contributed by atoms with Crippen LogP contribution in [0.5, 0.6) is 5.75 Å². The highest BCUT2D eigenvalue weighted by Crippen LogP contribution is 2.40. The number of nitrogens with one attached hydrogen (secondary N) is 1. The minimum atomic E-state index is 0. The summed E-state index contributed by atoms with van der Waals surface area (Å²) in [6.07, 6.45) is 3.85. The van der Waals surface area contributed by atoms with Crippen LogP contribution < -0.4 is 10.2 Å². The van der Waals surface area contributed by atoms with E-state index in [9.17, 15) is 5.26 Å². The van der Waals surface area contributed by atoms with Crippen molar-refractivity contribution in [3.63, 3.8) is 0 Å². The molecular weight excluding hydrogens is 535 g/mol. The van der Waals surface area contributed by atoms with E-state index >= 15 is 0 Å². The molecule has 38 heavy (non-hydrogen) atoms. The lowest BCUT2D eigenvalue weighted by Gasteiger charge is -2.22. The van der Waals surface area contributed by atoms with Gasteiger partial charge in [0.2, 0.25) is 0 Å². The molecule has 7 nitrogen and oxygen atoms in total. The summed E-state index contributed by atoms with van der Waals surface area (Å²) < 4.78 is 13.4. The first-order chi connectivity index (χ1) is 17.8. The first-order valence-electron chi connectivity index (χ1n) is 12.4. The van der Waals surface area contributed by atoms with Crippen LogP contribution in [0.3, 0.4) is 0 Å². The monoisotopic (exact) mass is 573 g/mol. The van der Waals surface area contributed by atoms with Crippen LogP contribution in [0.1, 0.15) is 54.1 Å². The zero-order chi connectivity index (χ0) is 26.8. The van der Waals surface area contributed by atoms with Gasteiger partial charge in [-0.2, -0.15) is 23.2 Å². The lowest BCUT2D eigenvalue weighted by molar-refractivity contribution is 0.241. The van der Waals surface area contributed by atoms with Gasteiger partial charge in [0.25, 0.3) is 0 Å². The van der Waals surface area contributed by atoms with Crippen LogP contribution in [0.25, 0.3) is 4.91 Å². The van der Waals surface area contributed by atoms with Crippen LogP contribution in [0.15, 0.2) is 47.6 Å². The molecule has 2 aromatic carbocycles. The Hall–Kier alpha value is -1.97. The zero-order valence-electron chi connectivity index (χ0n) is 22.9. The second-order valence-corrected chi connectivity index (χ2v) is 11.3. The number of hydrogen-bond acceptors (Lipinski definition) is 9. The summed E-state index contributed by atoms with van der Waals surface area (Å²) in [5, 5.41) is 9.58. The third kappa shape index (κ3) is 9.35. The van der Waals surface area contributed by atoms with Crippen molar-refractivity contribution in [2.24, 2.45) is 4.99 Å². The number of likely N-dealkylation sites (N-methyl/N-ethyl adjacent to an activating group) is 1. The van der Waals surface area contributed by atoms with Crippen molar-refractivity contribution in [1.29, 1.82) is 5.26 Å². The molecule has 0 radical (unpaired) electrons. The molecule has 0 saturated carbocycles. The topological polar surface area (TPSA) is 73.1 Å². The molecule has 206 valence electrons. The van der Waals surface area contributed by atoms with Crippen LogP contribution >= 0.6 is 37.5 Å². The molecule has 1 N–H and O–H groups in total. The number of thioether (sulfide) groups is 1. The van der Waals surface area contributed by atoms with E-state index in [1.807, 2.05) is 63.8 Å². The summed E-state index contributed by atoms with van der Waals surface area (Å²) in [4.78, 5) is 7.27. The molecule has 0 bridgehead atoms. The standard InChI is InChI=1S/C28H37N5O2S2.H2S/c1-20(2)35-27-13-10-21(16-22(27)17-29)19-36-28(18-30-3)25-9-7-8-24-23(25)11-12-26(24)31-33(6)37-34-15-14-32(4)5;/h7-10,13,16,18,20,26,31H,3,11-12,14-15,19H2,1-2,4-6H3;1H2/b28-18-;. The maximum atomic E-state index is 9.58. The largest absolute Gasteiger partial charge is 0.490 e. The third-order valence-corrected chi connectivity index (χ3v) is 7.51. The number of nitriles is 1. The van der Waals surface area contributed by atoms with Crippen LogP contribution in [-0.2, 0) is 16.4 Å². The van der Waals surface area contributed by atoms with Crippen LogP contribution in [0, 0.1) is 11.3 Å². The number of aliphatic imine (C=N–C) groups is 1. The smallest absolute Gasteiger partial charge is 0.137 e. The molecular formula is C28H39N5O2S3. The molecule has 2 aromatic rings. The van der Waals surface area contributed by atoms with Crippen molar-refractivity contribution in [3.05, 3.63) is 70.4 Å². The van der Waals surface area contributed by atoms with Gasteiger partial charge < -0.3 is 9.64 Å². The Bertz CT molecular complexity index is 1130. The van der Waals surface area contributed by atoms with Crippen molar-refractivity contribution in [1.82, 2.24) is 14.7 Å². The van der Waals surface area contributed by atoms with Gasteiger partial charge in [-0.25, -0.2) is 5.43 Å². The lowest BCUT2D eigenvalue weighted by atomic mass is 10.0. The molecule has 1 unspecified atom stereocenters. The van der Waals surface area contributed by atoms with Gasteiger partial charge in [0.05, 0.1) is 30.5 Å². The maximum absolute atomic E-state index is 9.58. The summed E-state index contributed by atoms with van der Waals surface area (Å²) >= 11 is 3.04. The molecule has 0 aromatic heterocycles. The average molecular weight is 574 g/mol. The number of hydrogen-bond donors (Lipinski definition) is 1. The minimum Gasteiger partial charge on any atom is -0.490 e. The molecule has 0 fully saturated rings. The molecule has 1 aliphatic carbocycles. The maximum Gasteiger partial charge on any atom is 0.137 e. The molecule has 1 aliphatic rings. The fraction of sp³-hybridized carbons (Fsp3) is 0.429. The number of ether oxygens (including phenoxy) is 1. The summed E-state index contributed by atoms with van der Waals surface area (Å²) in [7, 11) is 6.06. The first-order valence-corrected chi connectivity index (χ1v) is 14.1. The molecule has 10 heteroatoms. The Morgan fingerprint density at radius 2 is 2.08 bits per heavy atom. The number of hydrazine groups is 1. The van der Waals surface area contributed by atoms with E-state index in [0.29, 0.717) is 23.7 Å². The number of rotatable bonds is 14. The predicted octanol–water partition coefficient (Wildman–Crippen LogP) is 5.96. The Balaban J connectivity index is 0.00000507. The second kappa shape index (κ2) is 16.2. The van der Waals surface area contributed by atoms with Gasteiger partial charge in [0, 0.05) is 36.5 Å². The fourth-order valence-electron chi connectivity index (χ4n) is 4.14. The number of fused-ring (bicyclic) bond motifs is 1. The SMILES string of the molecule is C=N/C=C(\SCc1ccc(OC(C)C)c(C#N)c1)c1cccc2c1CCC2NN(C)SOCCN(C)C.S. The van der Waals surface area contributed by atoms with Crippen molar-refractivity contribution >= 4 is 49.1 Å². The normalized spacial score (nSPS) is 14.9. The molecule has 0 saturated heterocycles. The van der Waals surface area contributed by atoms with Gasteiger partial charge in [0.1, 0.15) is 11.8 Å². The molecule has 3 rings (SSSR count). The minimum absolute atomic E-state index is 0. The van der Waals surface area contributed by atoms with Gasteiger partial charge in [0.15, 0.2) is 0 Å². The van der Waals surface area contributed by atoms with E-state index in [2.05, 4.69) is 46.3 Å². The van der Waals surface area contributed by atoms with E-state index in [0.717, 1.165) is 29.9 Å². The molecule has 0 heterocycles. The summed E-state index contributed by atoms with van der Waals surface area (Å²) in [5.41, 5.74) is 9.02. The molecule has 0 amide bonds. The highest BCUT2D eigenvalue weighted by atomic mass is 32.2. The van der Waals surface area contributed by atoms with Gasteiger partial charge in [-0.3, -0.25) is 9.18 Å². The van der Waals surface area contributed by atoms with Crippen molar-refractivity contribution in [2.75, 3.05) is 34.3 Å². The van der Waals surface area contributed by atoms with Crippen LogP contribution in [0.2, 0.25) is 0 Å². The van der Waals surface area contributed by atoms with Gasteiger partial charge in [-0.15, -0.1) is 11.8 Å². The summed E-state index contributed by atoms with van der Waals surface area (Å²) in [6, 6.07) is 14.8. The Kier molecular flexibility index (Phi) is 13.8. The van der Waals surface area contributed by atoms with E-state index in [1.54, 1.807) is 11.8 Å². The first kappa shape index (κ1) is 32.2. The van der Waals surface area contributed by atoms with Gasteiger partial charge >= 0.3 is 0 Å². The van der Waals surface area contributed by atoms with Crippen LogP contribution in [0.4, 0.5) is 0 Å². The summed E-state index contributed by atoms with van der Waals surface area (Å²) in [5.74, 6) is 1.34. The number of nitrogens with zero attached hydrogens (tertiary/aromatic N) is 4. The van der Waals surface area contributed by atoms with Crippen LogP contribution in [-0.4, -0.2) is 56.4 Å². The Morgan fingerprint density at radius 1 is 1.29 bits per heavy atom. The van der Waals surface area contributed by atoms with E-state index in [-0.39, 0.29) is 25.6 Å². The van der Waals surface area contributed by atoms with Crippen molar-refractivity contribution in [3.8, 4) is 11.8 Å². The molecule has 0 spiro atoms. The van der Waals surface area contributed by atoms with E-state index < -0.39 is 0 Å². The van der Waals surface area contributed by atoms with Crippen molar-refractivity contribution in [2.45, 2.75) is 44.6 Å². The van der Waals surface area contributed by atoms with E-state index in [1.165, 1.54) is 28.9 Å². The van der Waals surface area contributed by atoms with Crippen molar-refractivity contribution < 1.29 is 8.92 Å². The Morgan fingerprint density at radius 3 is 2.76 bits per heavy atom. The number of benzene rings is 2. The molecule has 1 atom stereocenters. The summed E-state index contributed by atoms with van der Waals surface area (Å²) in [6.45, 7) is 9.17. The fourth-order valence-corrected chi connectivity index (χ4v) is 5.61. The highest BCUT2D eigenvalue weighted by Gasteiger charge is 2.26. The van der Waals surface area contributed by atoms with Gasteiger partial charge in [-0.1, -0.05) is 24.3 Å². The highest BCUT2D eigenvalue weighted by molar-refractivity contribution is 8.07.